The third kappa shape index (κ3) is 2.15. The highest BCUT2D eigenvalue weighted by Gasteiger charge is 2.12. The number of hydrogen-bond acceptors (Lipinski definition) is 6. The van der Waals surface area contributed by atoms with E-state index in [1.54, 1.807) is 6.07 Å². The van der Waals surface area contributed by atoms with Crippen LogP contribution in [0.1, 0.15) is 24.4 Å². The maximum atomic E-state index is 8.85. The zero-order valence-electron chi connectivity index (χ0n) is 9.18. The molecule has 0 saturated heterocycles. The summed E-state index contributed by atoms with van der Waals surface area (Å²) >= 11 is 0. The zero-order valence-corrected chi connectivity index (χ0v) is 9.18. The molecule has 1 atom stereocenters. The lowest BCUT2D eigenvalue weighted by atomic mass is 10.2. The highest BCUT2D eigenvalue weighted by molar-refractivity contribution is 5.69. The number of nitriles is 1. The molecule has 7 nitrogen and oxygen atoms in total. The van der Waals surface area contributed by atoms with Gasteiger partial charge in [0, 0.05) is 6.20 Å². The molecule has 2 heterocycles. The van der Waals surface area contributed by atoms with Crippen LogP contribution in [0.5, 0.6) is 0 Å². The van der Waals surface area contributed by atoms with Crippen LogP contribution in [0.25, 0.3) is 0 Å². The molecule has 2 rings (SSSR count). The topological polar surface area (TPSA) is 116 Å². The summed E-state index contributed by atoms with van der Waals surface area (Å²) in [6.07, 6.45) is 2.96. The molecule has 0 aliphatic carbocycles. The second kappa shape index (κ2) is 4.49. The molecule has 2 aromatic heterocycles. The van der Waals surface area contributed by atoms with Crippen molar-refractivity contribution in [3.63, 3.8) is 0 Å². The zero-order chi connectivity index (χ0) is 12.3. The second-order valence-corrected chi connectivity index (χ2v) is 3.47. The van der Waals surface area contributed by atoms with Crippen molar-refractivity contribution in [2.24, 2.45) is 0 Å². The summed E-state index contributed by atoms with van der Waals surface area (Å²) in [5.41, 5.74) is 6.53. The molecule has 0 spiro atoms. The Bertz CT molecular complexity index is 540. The Morgan fingerprint density at radius 2 is 2.35 bits per heavy atom. The van der Waals surface area contributed by atoms with Gasteiger partial charge < -0.3 is 11.1 Å². The molecule has 7 heteroatoms. The first kappa shape index (κ1) is 10.9. The van der Waals surface area contributed by atoms with Gasteiger partial charge in [-0.15, -0.1) is 0 Å². The van der Waals surface area contributed by atoms with E-state index < -0.39 is 0 Å². The molecular formula is C10H11N7. The molecule has 2 aromatic rings. The van der Waals surface area contributed by atoms with Gasteiger partial charge in [-0.3, -0.25) is 5.10 Å². The van der Waals surface area contributed by atoms with Crippen LogP contribution in [0.15, 0.2) is 18.6 Å². The van der Waals surface area contributed by atoms with E-state index in [-0.39, 0.29) is 6.04 Å². The fourth-order valence-corrected chi connectivity index (χ4v) is 1.38. The van der Waals surface area contributed by atoms with Gasteiger partial charge in [-0.2, -0.15) is 10.4 Å². The van der Waals surface area contributed by atoms with Gasteiger partial charge in [-0.25, -0.2) is 9.97 Å². The monoisotopic (exact) mass is 229 g/mol. The fraction of sp³-hybridized carbons (Fsp3) is 0.200. The Hall–Kier alpha value is -2.62. The van der Waals surface area contributed by atoms with Crippen molar-refractivity contribution in [3.8, 4) is 6.07 Å². The highest BCUT2D eigenvalue weighted by atomic mass is 15.2. The van der Waals surface area contributed by atoms with Crippen LogP contribution < -0.4 is 11.1 Å². The van der Waals surface area contributed by atoms with Crippen molar-refractivity contribution in [2.45, 2.75) is 13.0 Å². The van der Waals surface area contributed by atoms with E-state index in [0.717, 1.165) is 0 Å². The summed E-state index contributed by atoms with van der Waals surface area (Å²) in [5.74, 6) is 1.14. The van der Waals surface area contributed by atoms with Gasteiger partial charge >= 0.3 is 0 Å². The molecule has 0 aliphatic heterocycles. The quantitative estimate of drug-likeness (QED) is 0.717. The summed E-state index contributed by atoms with van der Waals surface area (Å²) in [6.45, 7) is 1.89. The van der Waals surface area contributed by atoms with Gasteiger partial charge in [0.2, 0.25) is 0 Å². The number of nitrogens with two attached hydrogens (primary N) is 1. The van der Waals surface area contributed by atoms with E-state index in [0.29, 0.717) is 22.9 Å². The van der Waals surface area contributed by atoms with E-state index in [1.165, 1.54) is 12.5 Å². The molecule has 0 fully saturated rings. The molecule has 17 heavy (non-hydrogen) atoms. The molecule has 4 N–H and O–H groups in total. The van der Waals surface area contributed by atoms with Gasteiger partial charge in [0.1, 0.15) is 18.2 Å². The van der Waals surface area contributed by atoms with Gasteiger partial charge in [0.15, 0.2) is 5.82 Å². The first-order valence-electron chi connectivity index (χ1n) is 4.98. The Kier molecular flexibility index (Phi) is 2.87. The van der Waals surface area contributed by atoms with E-state index in [9.17, 15) is 0 Å². The summed E-state index contributed by atoms with van der Waals surface area (Å²) in [6, 6.07) is 3.45. The van der Waals surface area contributed by atoms with Crippen molar-refractivity contribution in [3.05, 3.63) is 30.0 Å². The summed E-state index contributed by atoms with van der Waals surface area (Å²) < 4.78 is 0. The first-order valence-corrected chi connectivity index (χ1v) is 4.98. The number of hydrogen-bond donors (Lipinski definition) is 3. The third-order valence-corrected chi connectivity index (χ3v) is 2.31. The smallest absolute Gasteiger partial charge is 0.151 e. The van der Waals surface area contributed by atoms with Crippen molar-refractivity contribution in [1.29, 1.82) is 5.26 Å². The number of pyridine rings is 1. The minimum Gasteiger partial charge on any atom is -0.395 e. The number of nitrogens with zero attached hydrogens (tertiary/aromatic N) is 4. The molecule has 1 unspecified atom stereocenters. The Morgan fingerprint density at radius 3 is 3.00 bits per heavy atom. The lowest BCUT2D eigenvalue weighted by Gasteiger charge is -2.13. The average Bonchev–Trinajstić information content (AvgIpc) is 2.85. The number of aromatic nitrogens is 4. The largest absolute Gasteiger partial charge is 0.395 e. The predicted octanol–water partition coefficient (Wildman–Crippen LogP) is 0.827. The Labute approximate surface area is 97.7 Å². The van der Waals surface area contributed by atoms with Crippen LogP contribution in [-0.2, 0) is 0 Å². The Morgan fingerprint density at radius 1 is 1.53 bits per heavy atom. The van der Waals surface area contributed by atoms with Crippen molar-refractivity contribution < 1.29 is 0 Å². The fourth-order valence-electron chi connectivity index (χ4n) is 1.38. The van der Waals surface area contributed by atoms with E-state index in [1.807, 2.05) is 13.0 Å². The Balaban J connectivity index is 2.23. The molecule has 0 radical (unpaired) electrons. The minimum absolute atomic E-state index is 0.124. The molecule has 0 bridgehead atoms. The summed E-state index contributed by atoms with van der Waals surface area (Å²) in [5, 5.41) is 18.4. The minimum atomic E-state index is -0.124. The predicted molar refractivity (Wildman–Crippen MR) is 61.8 cm³/mol. The van der Waals surface area contributed by atoms with Crippen LogP contribution in [0.4, 0.5) is 11.5 Å². The van der Waals surface area contributed by atoms with Gasteiger partial charge in [0.05, 0.1) is 17.3 Å². The van der Waals surface area contributed by atoms with Gasteiger partial charge in [-0.1, -0.05) is 0 Å². The maximum absolute atomic E-state index is 8.85. The number of anilines is 2. The van der Waals surface area contributed by atoms with Crippen LogP contribution >= 0.6 is 0 Å². The van der Waals surface area contributed by atoms with Gasteiger partial charge in [-0.05, 0) is 13.0 Å². The second-order valence-electron chi connectivity index (χ2n) is 3.47. The lowest BCUT2D eigenvalue weighted by molar-refractivity contribution is 0.791. The van der Waals surface area contributed by atoms with Crippen LogP contribution in [0.2, 0.25) is 0 Å². The first-order chi connectivity index (χ1) is 8.22. The highest BCUT2D eigenvalue weighted by Crippen LogP contribution is 2.22. The third-order valence-electron chi connectivity index (χ3n) is 2.31. The van der Waals surface area contributed by atoms with E-state index in [4.69, 9.17) is 11.0 Å². The van der Waals surface area contributed by atoms with Crippen LogP contribution in [0, 0.1) is 11.3 Å². The standard InChI is InChI=1S/C10H11N7/c1-6(9-14-5-15-17-9)16-10-8(12)7(4-11)2-3-13-10/h2-3,5-6H,12H2,1H3,(H,13,16)(H,14,15,17). The van der Waals surface area contributed by atoms with E-state index in [2.05, 4.69) is 25.5 Å². The SMILES string of the molecule is CC(Nc1nccc(C#N)c1N)c1ncn[nH]1. The molecule has 0 amide bonds. The number of nitrogens with one attached hydrogen (secondary N) is 2. The van der Waals surface area contributed by atoms with Crippen LogP contribution in [-0.4, -0.2) is 20.2 Å². The van der Waals surface area contributed by atoms with Crippen molar-refractivity contribution in [1.82, 2.24) is 20.2 Å². The molecule has 0 aliphatic rings. The van der Waals surface area contributed by atoms with E-state index >= 15 is 0 Å². The molecule has 0 aromatic carbocycles. The number of nitrogen functional groups attached to an aromatic ring is 1. The molecular weight excluding hydrogens is 218 g/mol. The number of aromatic amines is 1. The summed E-state index contributed by atoms with van der Waals surface area (Å²) in [4.78, 5) is 8.11. The van der Waals surface area contributed by atoms with Crippen molar-refractivity contribution in [2.75, 3.05) is 11.1 Å². The van der Waals surface area contributed by atoms with Crippen molar-refractivity contribution >= 4 is 11.5 Å². The lowest BCUT2D eigenvalue weighted by Crippen LogP contribution is -2.12. The molecule has 86 valence electrons. The number of rotatable bonds is 3. The summed E-state index contributed by atoms with van der Waals surface area (Å²) in [7, 11) is 0. The maximum Gasteiger partial charge on any atom is 0.151 e. The normalized spacial score (nSPS) is 11.8. The van der Waals surface area contributed by atoms with Crippen LogP contribution in [0.3, 0.4) is 0 Å². The molecule has 0 saturated carbocycles. The van der Waals surface area contributed by atoms with Gasteiger partial charge in [0.25, 0.3) is 0 Å². The number of H-pyrrole nitrogens is 1. The average molecular weight is 229 g/mol.